The number of ether oxygens (including phenoxy) is 1. The Balaban J connectivity index is 1.36. The second-order valence-electron chi connectivity index (χ2n) is 8.91. The zero-order valence-corrected chi connectivity index (χ0v) is 20.7. The molecule has 2 aliphatic heterocycles. The van der Waals surface area contributed by atoms with Crippen LogP contribution in [0.2, 0.25) is 0 Å². The summed E-state index contributed by atoms with van der Waals surface area (Å²) in [6.07, 6.45) is 0.723. The normalized spacial score (nSPS) is 20.2. The molecule has 2 aromatic carbocycles. The van der Waals surface area contributed by atoms with E-state index in [0.29, 0.717) is 44.0 Å². The topological polar surface area (TPSA) is 87.2 Å². The van der Waals surface area contributed by atoms with Gasteiger partial charge in [-0.2, -0.15) is 4.31 Å². The lowest BCUT2D eigenvalue weighted by Gasteiger charge is -2.36. The number of piperazine rings is 1. The minimum atomic E-state index is -3.61. The average Bonchev–Trinajstić information content (AvgIpc) is 3.12. The molecule has 4 rings (SSSR count). The van der Waals surface area contributed by atoms with Crippen molar-refractivity contribution in [3.8, 4) is 5.75 Å². The molecule has 34 heavy (non-hydrogen) atoms. The van der Waals surface area contributed by atoms with Crippen molar-refractivity contribution in [3.05, 3.63) is 59.2 Å². The summed E-state index contributed by atoms with van der Waals surface area (Å²) in [5, 5.41) is 0. The Morgan fingerprint density at radius 2 is 1.65 bits per heavy atom. The molecule has 0 radical (unpaired) electrons. The number of carbonyl (C=O) groups excluding carboxylic acids is 2. The quantitative estimate of drug-likeness (QED) is 0.558. The van der Waals surface area contributed by atoms with Crippen molar-refractivity contribution >= 4 is 21.8 Å². The SMILES string of the molecule is COc1ccc(CCN2C(=O)C[C@@H](N3CCN(S(=O)(=O)c4cc(C)ccc4C)CC3)C2=O)cc1. The molecule has 2 aliphatic rings. The monoisotopic (exact) mass is 485 g/mol. The van der Waals surface area contributed by atoms with Gasteiger partial charge in [0, 0.05) is 32.7 Å². The highest BCUT2D eigenvalue weighted by Crippen LogP contribution is 2.25. The van der Waals surface area contributed by atoms with E-state index in [2.05, 4.69) is 0 Å². The predicted molar refractivity (Wildman–Crippen MR) is 128 cm³/mol. The number of likely N-dealkylation sites (tertiary alicyclic amines) is 1. The molecule has 0 saturated carbocycles. The van der Waals surface area contributed by atoms with E-state index in [-0.39, 0.29) is 18.2 Å². The molecule has 1 atom stereocenters. The smallest absolute Gasteiger partial charge is 0.247 e. The second-order valence-corrected chi connectivity index (χ2v) is 10.8. The maximum absolute atomic E-state index is 13.2. The van der Waals surface area contributed by atoms with Crippen molar-refractivity contribution < 1.29 is 22.7 Å². The van der Waals surface area contributed by atoms with Crippen LogP contribution in [0.4, 0.5) is 0 Å². The van der Waals surface area contributed by atoms with Crippen LogP contribution in [0.5, 0.6) is 5.75 Å². The van der Waals surface area contributed by atoms with E-state index in [1.54, 1.807) is 20.1 Å². The summed E-state index contributed by atoms with van der Waals surface area (Å²) in [6.45, 7) is 5.42. The fourth-order valence-corrected chi connectivity index (χ4v) is 6.33. The zero-order valence-electron chi connectivity index (χ0n) is 19.9. The van der Waals surface area contributed by atoms with Gasteiger partial charge in [-0.1, -0.05) is 24.3 Å². The van der Waals surface area contributed by atoms with Gasteiger partial charge in [-0.3, -0.25) is 19.4 Å². The van der Waals surface area contributed by atoms with Gasteiger partial charge >= 0.3 is 0 Å². The molecular weight excluding hydrogens is 454 g/mol. The molecule has 182 valence electrons. The van der Waals surface area contributed by atoms with E-state index in [9.17, 15) is 18.0 Å². The van der Waals surface area contributed by atoms with Gasteiger partial charge in [0.05, 0.1) is 24.5 Å². The van der Waals surface area contributed by atoms with Crippen LogP contribution in [0.3, 0.4) is 0 Å². The van der Waals surface area contributed by atoms with Crippen LogP contribution >= 0.6 is 0 Å². The van der Waals surface area contributed by atoms with E-state index in [1.165, 1.54) is 9.21 Å². The van der Waals surface area contributed by atoms with Crippen molar-refractivity contribution in [1.29, 1.82) is 0 Å². The third-order valence-electron chi connectivity index (χ3n) is 6.68. The van der Waals surface area contributed by atoms with Crippen LogP contribution < -0.4 is 4.74 Å². The molecule has 8 nitrogen and oxygen atoms in total. The summed E-state index contributed by atoms with van der Waals surface area (Å²) in [4.78, 5) is 29.2. The molecule has 0 unspecified atom stereocenters. The molecule has 2 fully saturated rings. The Hall–Kier alpha value is -2.75. The maximum Gasteiger partial charge on any atom is 0.247 e. The van der Waals surface area contributed by atoms with Crippen molar-refractivity contribution in [3.63, 3.8) is 0 Å². The van der Waals surface area contributed by atoms with Crippen molar-refractivity contribution in [2.45, 2.75) is 37.6 Å². The minimum Gasteiger partial charge on any atom is -0.497 e. The number of hydrogen-bond acceptors (Lipinski definition) is 6. The summed E-state index contributed by atoms with van der Waals surface area (Å²) in [5.41, 5.74) is 2.64. The van der Waals surface area contributed by atoms with Crippen LogP contribution in [0, 0.1) is 13.8 Å². The molecule has 2 heterocycles. The van der Waals surface area contributed by atoms with Crippen molar-refractivity contribution in [1.82, 2.24) is 14.1 Å². The second kappa shape index (κ2) is 9.85. The largest absolute Gasteiger partial charge is 0.497 e. The Morgan fingerprint density at radius 3 is 2.29 bits per heavy atom. The number of imide groups is 1. The lowest BCUT2D eigenvalue weighted by atomic mass is 10.1. The van der Waals surface area contributed by atoms with Crippen LogP contribution in [0.15, 0.2) is 47.4 Å². The number of aryl methyl sites for hydroxylation is 2. The number of nitrogens with zero attached hydrogens (tertiary/aromatic N) is 3. The number of amides is 2. The van der Waals surface area contributed by atoms with E-state index in [0.717, 1.165) is 22.4 Å². The minimum absolute atomic E-state index is 0.144. The third-order valence-corrected chi connectivity index (χ3v) is 8.72. The number of sulfonamides is 1. The molecule has 2 saturated heterocycles. The van der Waals surface area contributed by atoms with Gasteiger partial charge in [-0.25, -0.2) is 8.42 Å². The molecule has 0 spiro atoms. The number of methoxy groups -OCH3 is 1. The lowest BCUT2D eigenvalue weighted by molar-refractivity contribution is -0.139. The van der Waals surface area contributed by atoms with Gasteiger partial charge < -0.3 is 4.74 Å². The molecule has 0 N–H and O–H groups in total. The summed E-state index contributed by atoms with van der Waals surface area (Å²) in [5.74, 6) is 0.397. The Morgan fingerprint density at radius 1 is 0.971 bits per heavy atom. The Bertz CT molecular complexity index is 1170. The van der Waals surface area contributed by atoms with Crippen LogP contribution in [0.25, 0.3) is 0 Å². The van der Waals surface area contributed by atoms with Gasteiger partial charge in [0.15, 0.2) is 0 Å². The van der Waals surface area contributed by atoms with Gasteiger partial charge in [-0.05, 0) is 55.2 Å². The van der Waals surface area contributed by atoms with Gasteiger partial charge in [0.2, 0.25) is 21.8 Å². The highest BCUT2D eigenvalue weighted by molar-refractivity contribution is 7.89. The van der Waals surface area contributed by atoms with E-state index in [4.69, 9.17) is 4.74 Å². The third kappa shape index (κ3) is 4.87. The molecule has 0 aromatic heterocycles. The van der Waals surface area contributed by atoms with Crippen LogP contribution in [-0.4, -0.2) is 80.2 Å². The molecular formula is C25H31N3O5S. The fraction of sp³-hybridized carbons (Fsp3) is 0.440. The highest BCUT2D eigenvalue weighted by atomic mass is 32.2. The molecule has 0 aliphatic carbocycles. The van der Waals surface area contributed by atoms with E-state index in [1.807, 2.05) is 48.2 Å². The predicted octanol–water partition coefficient (Wildman–Crippen LogP) is 1.99. The standard InChI is InChI=1S/C25H31N3O5S/c1-18-4-5-19(2)23(16-18)34(31,32)27-14-12-26(13-15-27)22-17-24(29)28(25(22)30)11-10-20-6-8-21(33-3)9-7-20/h4-9,16,22H,10-15,17H2,1-3H3/t22-/m1/s1. The van der Waals surface area contributed by atoms with Gasteiger partial charge in [0.1, 0.15) is 5.75 Å². The lowest BCUT2D eigenvalue weighted by Crippen LogP contribution is -2.53. The van der Waals surface area contributed by atoms with Gasteiger partial charge in [-0.15, -0.1) is 0 Å². The average molecular weight is 486 g/mol. The molecule has 0 bridgehead atoms. The number of hydrogen-bond donors (Lipinski definition) is 0. The first-order chi connectivity index (χ1) is 16.2. The van der Waals surface area contributed by atoms with Crippen molar-refractivity contribution in [2.75, 3.05) is 39.8 Å². The van der Waals surface area contributed by atoms with Crippen LogP contribution in [0.1, 0.15) is 23.1 Å². The Kier molecular flexibility index (Phi) is 7.06. The summed E-state index contributed by atoms with van der Waals surface area (Å²) < 4.78 is 33.0. The zero-order chi connectivity index (χ0) is 24.5. The van der Waals surface area contributed by atoms with E-state index >= 15 is 0 Å². The number of benzene rings is 2. The first-order valence-electron chi connectivity index (χ1n) is 11.5. The van der Waals surface area contributed by atoms with Gasteiger partial charge in [0.25, 0.3) is 0 Å². The summed E-state index contributed by atoms with van der Waals surface area (Å²) in [7, 11) is -2.00. The fourth-order valence-electron chi connectivity index (χ4n) is 4.60. The van der Waals surface area contributed by atoms with E-state index < -0.39 is 16.1 Å². The molecule has 9 heteroatoms. The number of carbonyl (C=O) groups is 2. The first kappa shape index (κ1) is 24.4. The van der Waals surface area contributed by atoms with Crippen LogP contribution in [-0.2, 0) is 26.0 Å². The Labute approximate surface area is 201 Å². The molecule has 2 aromatic rings. The summed E-state index contributed by atoms with van der Waals surface area (Å²) in [6, 6.07) is 12.5. The highest BCUT2D eigenvalue weighted by Gasteiger charge is 2.43. The molecule has 2 amide bonds. The maximum atomic E-state index is 13.2. The first-order valence-corrected chi connectivity index (χ1v) is 12.9. The summed E-state index contributed by atoms with van der Waals surface area (Å²) >= 11 is 0. The van der Waals surface area contributed by atoms with Crippen molar-refractivity contribution in [2.24, 2.45) is 0 Å². The number of rotatable bonds is 7.